The summed E-state index contributed by atoms with van der Waals surface area (Å²) < 4.78 is 38.7. The summed E-state index contributed by atoms with van der Waals surface area (Å²) in [5, 5.41) is 3.45. The quantitative estimate of drug-likeness (QED) is 0.750. The number of carbonyl (C=O) groups is 1. The molecule has 166 valence electrons. The molecular weight excluding hydrogens is 440 g/mol. The molecule has 1 saturated heterocycles. The molecule has 1 N–H and O–H groups in total. The predicted molar refractivity (Wildman–Crippen MR) is 118 cm³/mol. The van der Waals surface area contributed by atoms with Crippen molar-refractivity contribution in [3.8, 4) is 5.75 Å². The normalized spacial score (nSPS) is 24.2. The number of amides is 1. The molecule has 0 spiro atoms. The van der Waals surface area contributed by atoms with Crippen LogP contribution >= 0.6 is 11.6 Å². The van der Waals surface area contributed by atoms with Crippen molar-refractivity contribution < 1.29 is 22.7 Å². The maximum absolute atomic E-state index is 13.0. The van der Waals surface area contributed by atoms with Gasteiger partial charge in [0.15, 0.2) is 0 Å². The van der Waals surface area contributed by atoms with Crippen molar-refractivity contribution in [2.45, 2.75) is 37.4 Å². The van der Waals surface area contributed by atoms with Gasteiger partial charge in [-0.1, -0.05) is 11.6 Å². The molecule has 7 nitrogen and oxygen atoms in total. The Balaban J connectivity index is 1.42. The zero-order chi connectivity index (χ0) is 22.2. The number of sulfonamides is 1. The van der Waals surface area contributed by atoms with Gasteiger partial charge in [-0.25, -0.2) is 8.42 Å². The molecule has 9 heteroatoms. The monoisotopic (exact) mass is 464 g/mol. The molecule has 0 aromatic heterocycles. The number of nitrogens with one attached hydrogen (secondary N) is 1. The Hall–Kier alpha value is -2.13. The van der Waals surface area contributed by atoms with Crippen LogP contribution in [0.1, 0.15) is 19.4 Å². The van der Waals surface area contributed by atoms with E-state index in [1.807, 2.05) is 19.9 Å². The highest BCUT2D eigenvalue weighted by Crippen LogP contribution is 2.30. The van der Waals surface area contributed by atoms with Gasteiger partial charge in [0.2, 0.25) is 15.9 Å². The van der Waals surface area contributed by atoms with E-state index in [2.05, 4.69) is 5.32 Å². The van der Waals surface area contributed by atoms with Crippen LogP contribution in [0.5, 0.6) is 5.75 Å². The Kier molecular flexibility index (Phi) is 6.25. The lowest BCUT2D eigenvalue weighted by Crippen LogP contribution is -2.48. The second-order valence-electron chi connectivity index (χ2n) is 8.06. The van der Waals surface area contributed by atoms with Crippen LogP contribution in [0.2, 0.25) is 5.02 Å². The average molecular weight is 465 g/mol. The van der Waals surface area contributed by atoms with Crippen LogP contribution in [-0.4, -0.2) is 50.5 Å². The van der Waals surface area contributed by atoms with Crippen LogP contribution in [0.4, 0.5) is 5.69 Å². The number of nitrogens with zero attached hydrogens (tertiary/aromatic N) is 1. The topological polar surface area (TPSA) is 84.9 Å². The third-order valence-electron chi connectivity index (χ3n) is 5.45. The molecule has 0 saturated carbocycles. The van der Waals surface area contributed by atoms with Gasteiger partial charge >= 0.3 is 0 Å². The molecule has 2 heterocycles. The lowest BCUT2D eigenvalue weighted by Gasteiger charge is -2.34. The van der Waals surface area contributed by atoms with E-state index < -0.39 is 10.0 Å². The maximum atomic E-state index is 13.0. The lowest BCUT2D eigenvalue weighted by atomic mass is 9.96. The fraction of sp³-hybridized carbons (Fsp3) is 0.409. The largest absolute Gasteiger partial charge is 0.492 e. The summed E-state index contributed by atoms with van der Waals surface area (Å²) in [6.45, 7) is 4.63. The first-order valence-corrected chi connectivity index (χ1v) is 12.0. The van der Waals surface area contributed by atoms with E-state index in [1.54, 1.807) is 24.3 Å². The van der Waals surface area contributed by atoms with Crippen molar-refractivity contribution in [1.82, 2.24) is 4.31 Å². The third-order valence-corrected chi connectivity index (χ3v) is 7.53. The molecule has 3 atom stereocenters. The number of halogens is 1. The van der Waals surface area contributed by atoms with Gasteiger partial charge in [0.1, 0.15) is 12.4 Å². The van der Waals surface area contributed by atoms with Crippen LogP contribution in [0.25, 0.3) is 0 Å². The molecule has 2 aliphatic heterocycles. The van der Waals surface area contributed by atoms with Crippen molar-refractivity contribution in [2.75, 3.05) is 25.0 Å². The molecule has 31 heavy (non-hydrogen) atoms. The van der Waals surface area contributed by atoms with Crippen LogP contribution < -0.4 is 10.1 Å². The van der Waals surface area contributed by atoms with Gasteiger partial charge in [-0.3, -0.25) is 4.79 Å². The minimum atomic E-state index is -3.62. The minimum absolute atomic E-state index is 0.158. The second kappa shape index (κ2) is 8.78. The Morgan fingerprint density at radius 3 is 2.45 bits per heavy atom. The zero-order valence-corrected chi connectivity index (χ0v) is 18.9. The Morgan fingerprint density at radius 1 is 1.10 bits per heavy atom. The van der Waals surface area contributed by atoms with Crippen LogP contribution in [-0.2, 0) is 26.0 Å². The number of fused-ring (bicyclic) bond motifs is 1. The van der Waals surface area contributed by atoms with E-state index >= 15 is 0 Å². The van der Waals surface area contributed by atoms with Crippen LogP contribution in [0, 0.1) is 5.92 Å². The van der Waals surface area contributed by atoms with Crippen molar-refractivity contribution in [3.05, 3.63) is 53.1 Å². The number of benzene rings is 2. The predicted octanol–water partition coefficient (Wildman–Crippen LogP) is 3.33. The zero-order valence-electron chi connectivity index (χ0n) is 17.4. The number of rotatable bonds is 4. The maximum Gasteiger partial charge on any atom is 0.243 e. The van der Waals surface area contributed by atoms with E-state index in [9.17, 15) is 13.2 Å². The molecule has 2 aliphatic rings. The summed E-state index contributed by atoms with van der Waals surface area (Å²) >= 11 is 6.04. The molecule has 1 amide bonds. The van der Waals surface area contributed by atoms with Gasteiger partial charge in [0.05, 0.1) is 23.0 Å². The number of morpholine rings is 1. The number of anilines is 1. The van der Waals surface area contributed by atoms with Gasteiger partial charge in [0, 0.05) is 23.8 Å². The fourth-order valence-electron chi connectivity index (χ4n) is 3.96. The van der Waals surface area contributed by atoms with Crippen molar-refractivity contribution in [3.63, 3.8) is 0 Å². The van der Waals surface area contributed by atoms with Gasteiger partial charge in [-0.05, 0) is 68.3 Å². The number of ether oxygens (including phenoxy) is 2. The van der Waals surface area contributed by atoms with E-state index in [0.717, 1.165) is 11.3 Å². The minimum Gasteiger partial charge on any atom is -0.492 e. The first-order chi connectivity index (χ1) is 14.7. The number of hydrogen-bond donors (Lipinski definition) is 1. The fourth-order valence-corrected chi connectivity index (χ4v) is 5.75. The number of carbonyl (C=O) groups excluding carboxylic acids is 1. The molecule has 2 aromatic rings. The summed E-state index contributed by atoms with van der Waals surface area (Å²) in [5.41, 5.74) is 1.43. The van der Waals surface area contributed by atoms with Gasteiger partial charge in [-0.15, -0.1) is 0 Å². The van der Waals surface area contributed by atoms with Gasteiger partial charge in [0.25, 0.3) is 0 Å². The highest BCUT2D eigenvalue weighted by Gasteiger charge is 2.32. The third kappa shape index (κ3) is 4.87. The Morgan fingerprint density at radius 2 is 1.77 bits per heavy atom. The molecule has 0 bridgehead atoms. The van der Waals surface area contributed by atoms with E-state index in [1.165, 1.54) is 16.4 Å². The van der Waals surface area contributed by atoms with Crippen molar-refractivity contribution in [2.24, 2.45) is 5.92 Å². The summed E-state index contributed by atoms with van der Waals surface area (Å²) in [6, 6.07) is 11.6. The molecular formula is C22H25ClN2O5S. The van der Waals surface area contributed by atoms with Gasteiger partial charge < -0.3 is 14.8 Å². The molecule has 2 aromatic carbocycles. The smallest absolute Gasteiger partial charge is 0.243 e. The lowest BCUT2D eigenvalue weighted by molar-refractivity contribution is -0.121. The first-order valence-electron chi connectivity index (χ1n) is 10.2. The summed E-state index contributed by atoms with van der Waals surface area (Å²) in [4.78, 5) is 12.9. The molecule has 1 fully saturated rings. The second-order valence-corrected chi connectivity index (χ2v) is 10.4. The summed E-state index contributed by atoms with van der Waals surface area (Å²) in [7, 11) is -3.62. The van der Waals surface area contributed by atoms with E-state index in [4.69, 9.17) is 21.1 Å². The highest BCUT2D eigenvalue weighted by atomic mass is 35.5. The SMILES string of the molecule is C[C@@H]1CN(S(=O)(=O)c2ccc(NC(=O)[C@H]3COc4ccc(Cl)cc4C3)cc2)C[C@@H](C)O1. The summed E-state index contributed by atoms with van der Waals surface area (Å²) in [5.74, 6) is 0.206. The first kappa shape index (κ1) is 22.1. The summed E-state index contributed by atoms with van der Waals surface area (Å²) in [6.07, 6.45) is 0.214. The average Bonchev–Trinajstić information content (AvgIpc) is 2.73. The van der Waals surface area contributed by atoms with E-state index in [0.29, 0.717) is 30.2 Å². The van der Waals surface area contributed by atoms with Gasteiger partial charge in [-0.2, -0.15) is 4.31 Å². The standard InChI is InChI=1S/C22H25ClN2O5S/c1-14-11-25(12-15(2)30-14)31(27,28)20-6-4-19(5-7-20)24-22(26)17-9-16-10-18(23)3-8-21(16)29-13-17/h3-8,10,14-15,17H,9,11-13H2,1-2H3,(H,24,26)/t14-,15-,17-/m1/s1. The molecule has 0 aliphatic carbocycles. The van der Waals surface area contributed by atoms with Crippen LogP contribution in [0.15, 0.2) is 47.4 Å². The van der Waals surface area contributed by atoms with Crippen molar-refractivity contribution in [1.29, 1.82) is 0 Å². The molecule has 4 rings (SSSR count). The number of hydrogen-bond acceptors (Lipinski definition) is 5. The Labute approximate surface area is 187 Å². The highest BCUT2D eigenvalue weighted by molar-refractivity contribution is 7.89. The molecule has 0 unspecified atom stereocenters. The molecule has 0 radical (unpaired) electrons. The Bertz CT molecular complexity index is 1060. The van der Waals surface area contributed by atoms with Crippen molar-refractivity contribution >= 4 is 33.2 Å². The van der Waals surface area contributed by atoms with Crippen LogP contribution in [0.3, 0.4) is 0 Å². The van der Waals surface area contributed by atoms with E-state index in [-0.39, 0.29) is 35.5 Å².